The van der Waals surface area contributed by atoms with Gasteiger partial charge in [-0.25, -0.2) is 14.3 Å². The Labute approximate surface area is 214 Å². The molecular formula is C28H26N2O7. The first-order valence-electron chi connectivity index (χ1n) is 11.3. The minimum atomic E-state index is -0.751. The number of carbonyl (C=O) groups excluding carboxylic acids is 2. The summed E-state index contributed by atoms with van der Waals surface area (Å²) < 4.78 is 28.6. The summed E-state index contributed by atoms with van der Waals surface area (Å²) in [4.78, 5) is 25.9. The number of nitrogens with zero attached hydrogens (tertiary/aromatic N) is 2. The lowest BCUT2D eigenvalue weighted by molar-refractivity contribution is 0.0549. The summed E-state index contributed by atoms with van der Waals surface area (Å²) in [6.07, 6.45) is 0. The molecule has 1 aromatic heterocycles. The first-order chi connectivity index (χ1) is 18.0. The first kappa shape index (κ1) is 25.3. The number of ether oxygens (including phenoxy) is 5. The molecule has 0 saturated carbocycles. The first-order valence-corrected chi connectivity index (χ1v) is 11.3. The van der Waals surface area contributed by atoms with Crippen molar-refractivity contribution in [2.24, 2.45) is 0 Å². The maximum absolute atomic E-state index is 13.0. The molecule has 0 aliphatic heterocycles. The number of esters is 2. The van der Waals surface area contributed by atoms with E-state index in [1.54, 1.807) is 36.4 Å². The summed E-state index contributed by atoms with van der Waals surface area (Å²) >= 11 is 0. The van der Waals surface area contributed by atoms with Crippen molar-refractivity contribution in [1.29, 1.82) is 0 Å². The second-order valence-corrected chi connectivity index (χ2v) is 7.79. The van der Waals surface area contributed by atoms with Gasteiger partial charge in [0.05, 0.1) is 34.1 Å². The molecule has 4 rings (SSSR count). The fourth-order valence-corrected chi connectivity index (χ4v) is 3.87. The molecule has 0 spiro atoms. The van der Waals surface area contributed by atoms with E-state index in [4.69, 9.17) is 23.7 Å². The largest absolute Gasteiger partial charge is 0.493 e. The molecule has 0 N–H and O–H groups in total. The van der Waals surface area contributed by atoms with Crippen molar-refractivity contribution in [3.05, 3.63) is 89.6 Å². The third-order valence-electron chi connectivity index (χ3n) is 5.61. The van der Waals surface area contributed by atoms with E-state index in [0.29, 0.717) is 28.5 Å². The Kier molecular flexibility index (Phi) is 7.73. The third-order valence-corrected chi connectivity index (χ3v) is 5.61. The van der Waals surface area contributed by atoms with Crippen molar-refractivity contribution >= 4 is 11.9 Å². The highest BCUT2D eigenvalue weighted by molar-refractivity contribution is 6.07. The summed E-state index contributed by atoms with van der Waals surface area (Å²) in [7, 11) is 5.46. The van der Waals surface area contributed by atoms with Gasteiger partial charge in [-0.05, 0) is 29.8 Å². The number of benzene rings is 3. The van der Waals surface area contributed by atoms with Crippen molar-refractivity contribution in [3.63, 3.8) is 0 Å². The standard InChI is InChI=1S/C28H26N2O7/c1-33-21-15-19(16-22(26(21)34-2)37-17-18-11-7-5-8-12-18)24-23(27(31)35-3)25(28(32)36-4)30(29-24)20-13-9-6-10-14-20/h5-16H,17H2,1-4H3. The third kappa shape index (κ3) is 5.11. The van der Waals surface area contributed by atoms with Gasteiger partial charge >= 0.3 is 11.9 Å². The molecule has 9 heteroatoms. The maximum atomic E-state index is 13.0. The number of hydrogen-bond acceptors (Lipinski definition) is 8. The van der Waals surface area contributed by atoms with Gasteiger partial charge in [0.25, 0.3) is 0 Å². The van der Waals surface area contributed by atoms with Gasteiger partial charge in [-0.3, -0.25) is 0 Å². The molecule has 37 heavy (non-hydrogen) atoms. The molecule has 0 aliphatic rings. The van der Waals surface area contributed by atoms with Crippen LogP contribution in [0, 0.1) is 0 Å². The van der Waals surface area contributed by atoms with Crippen molar-refractivity contribution in [3.8, 4) is 34.2 Å². The lowest BCUT2D eigenvalue weighted by Crippen LogP contribution is -2.15. The number of carbonyl (C=O) groups is 2. The second kappa shape index (κ2) is 11.3. The van der Waals surface area contributed by atoms with E-state index in [2.05, 4.69) is 5.10 Å². The molecule has 0 radical (unpaired) electrons. The molecule has 1 heterocycles. The van der Waals surface area contributed by atoms with Crippen LogP contribution in [0.25, 0.3) is 16.9 Å². The highest BCUT2D eigenvalue weighted by Crippen LogP contribution is 2.43. The Morgan fingerprint density at radius 3 is 2.00 bits per heavy atom. The predicted molar refractivity (Wildman–Crippen MR) is 136 cm³/mol. The fourth-order valence-electron chi connectivity index (χ4n) is 3.87. The second-order valence-electron chi connectivity index (χ2n) is 7.79. The van der Waals surface area contributed by atoms with Gasteiger partial charge in [-0.1, -0.05) is 48.5 Å². The topological polar surface area (TPSA) is 98.1 Å². The number of hydrogen-bond donors (Lipinski definition) is 0. The highest BCUT2D eigenvalue weighted by Gasteiger charge is 2.32. The van der Waals surface area contributed by atoms with Crippen LogP contribution >= 0.6 is 0 Å². The smallest absolute Gasteiger partial charge is 0.357 e. The lowest BCUT2D eigenvalue weighted by atomic mass is 10.0. The van der Waals surface area contributed by atoms with Crippen LogP contribution in [0.2, 0.25) is 0 Å². The van der Waals surface area contributed by atoms with Gasteiger partial charge in [0.15, 0.2) is 17.2 Å². The highest BCUT2D eigenvalue weighted by atomic mass is 16.5. The fraction of sp³-hybridized carbons (Fsp3) is 0.179. The van der Waals surface area contributed by atoms with Crippen LogP contribution in [0.3, 0.4) is 0 Å². The molecule has 4 aromatic rings. The summed E-state index contributed by atoms with van der Waals surface area (Å²) in [6.45, 7) is 0.263. The molecule has 0 saturated heterocycles. The number of rotatable bonds is 9. The Morgan fingerprint density at radius 2 is 1.41 bits per heavy atom. The van der Waals surface area contributed by atoms with E-state index in [1.165, 1.54) is 33.1 Å². The molecule has 0 atom stereocenters. The maximum Gasteiger partial charge on any atom is 0.357 e. The molecule has 0 unspecified atom stereocenters. The molecule has 0 aliphatic carbocycles. The normalized spacial score (nSPS) is 10.5. The van der Waals surface area contributed by atoms with E-state index in [-0.39, 0.29) is 23.6 Å². The Hall–Kier alpha value is -4.79. The molecule has 0 amide bonds. The quantitative estimate of drug-likeness (QED) is 0.304. The van der Waals surface area contributed by atoms with Gasteiger partial charge in [0.2, 0.25) is 5.75 Å². The summed E-state index contributed by atoms with van der Waals surface area (Å²) in [6, 6.07) is 21.9. The Morgan fingerprint density at radius 1 is 0.784 bits per heavy atom. The van der Waals surface area contributed by atoms with E-state index in [1.807, 2.05) is 36.4 Å². The number of methoxy groups -OCH3 is 4. The zero-order valence-electron chi connectivity index (χ0n) is 20.9. The predicted octanol–water partition coefficient (Wildman–Crippen LogP) is 4.71. The van der Waals surface area contributed by atoms with Crippen molar-refractivity contribution in [2.75, 3.05) is 28.4 Å². The van der Waals surface area contributed by atoms with Crippen LogP contribution in [0.5, 0.6) is 17.2 Å². The van der Waals surface area contributed by atoms with Crippen molar-refractivity contribution in [2.45, 2.75) is 6.61 Å². The van der Waals surface area contributed by atoms with E-state index >= 15 is 0 Å². The van der Waals surface area contributed by atoms with Gasteiger partial charge in [-0.15, -0.1) is 0 Å². The monoisotopic (exact) mass is 502 g/mol. The van der Waals surface area contributed by atoms with Crippen LogP contribution in [0.4, 0.5) is 0 Å². The lowest BCUT2D eigenvalue weighted by Gasteiger charge is -2.16. The summed E-state index contributed by atoms with van der Waals surface area (Å²) in [5.41, 5.74) is 2.00. The number of aromatic nitrogens is 2. The van der Waals surface area contributed by atoms with Crippen LogP contribution in [0.15, 0.2) is 72.8 Å². The molecule has 9 nitrogen and oxygen atoms in total. The SMILES string of the molecule is COC(=O)c1c(-c2cc(OC)c(OC)c(OCc3ccccc3)c2)nn(-c2ccccc2)c1C(=O)OC. The minimum absolute atomic E-state index is 0.0561. The van der Waals surface area contributed by atoms with Crippen LogP contribution < -0.4 is 14.2 Å². The summed E-state index contributed by atoms with van der Waals surface area (Å²) in [5.74, 6) is -0.404. The molecule has 0 bridgehead atoms. The van der Waals surface area contributed by atoms with Gasteiger partial charge in [0.1, 0.15) is 17.9 Å². The number of para-hydroxylation sites is 1. The molecule has 3 aromatic carbocycles. The van der Waals surface area contributed by atoms with Crippen molar-refractivity contribution in [1.82, 2.24) is 9.78 Å². The minimum Gasteiger partial charge on any atom is -0.493 e. The zero-order chi connectivity index (χ0) is 26.4. The molecule has 0 fully saturated rings. The molecule has 190 valence electrons. The van der Waals surface area contributed by atoms with Crippen LogP contribution in [-0.2, 0) is 16.1 Å². The Balaban J connectivity index is 1.93. The van der Waals surface area contributed by atoms with Gasteiger partial charge in [-0.2, -0.15) is 5.10 Å². The van der Waals surface area contributed by atoms with Crippen LogP contribution in [0.1, 0.15) is 26.4 Å². The average molecular weight is 503 g/mol. The van der Waals surface area contributed by atoms with E-state index in [0.717, 1.165) is 5.56 Å². The Bertz CT molecular complexity index is 1400. The van der Waals surface area contributed by atoms with Gasteiger partial charge < -0.3 is 23.7 Å². The van der Waals surface area contributed by atoms with E-state index in [9.17, 15) is 9.59 Å². The average Bonchev–Trinajstić information content (AvgIpc) is 3.36. The molecular weight excluding hydrogens is 476 g/mol. The van der Waals surface area contributed by atoms with E-state index < -0.39 is 11.9 Å². The summed E-state index contributed by atoms with van der Waals surface area (Å²) in [5, 5.41) is 4.64. The van der Waals surface area contributed by atoms with Crippen LogP contribution in [-0.4, -0.2) is 50.2 Å². The zero-order valence-corrected chi connectivity index (χ0v) is 20.9. The van der Waals surface area contributed by atoms with Gasteiger partial charge in [0, 0.05) is 5.56 Å². The van der Waals surface area contributed by atoms with Crippen molar-refractivity contribution < 1.29 is 33.3 Å².